The number of hydrogen-bond donors (Lipinski definition) is 3. The van der Waals surface area contributed by atoms with Crippen molar-refractivity contribution in [3.8, 4) is 22.0 Å². The van der Waals surface area contributed by atoms with Gasteiger partial charge in [-0.1, -0.05) is 18.3 Å². The van der Waals surface area contributed by atoms with Gasteiger partial charge in [-0.2, -0.15) is 10.1 Å². The Morgan fingerprint density at radius 3 is 2.95 bits per heavy atom. The minimum absolute atomic E-state index is 0.0570. The second-order valence-corrected chi connectivity index (χ2v) is 11.2. The number of ether oxygens (including phenoxy) is 1. The van der Waals surface area contributed by atoms with Crippen molar-refractivity contribution in [1.29, 1.82) is 0 Å². The summed E-state index contributed by atoms with van der Waals surface area (Å²) in [6.07, 6.45) is 4.08. The van der Waals surface area contributed by atoms with Crippen LogP contribution in [0.3, 0.4) is 0 Å². The van der Waals surface area contributed by atoms with Gasteiger partial charge in [0.25, 0.3) is 0 Å². The highest BCUT2D eigenvalue weighted by Gasteiger charge is 2.41. The molecule has 3 heterocycles. The molecule has 1 saturated carbocycles. The standard InChI is InChI=1S/C24H27BrN8O3S/c1-13-30-31-21(37-13)16-5-4-15(10-18(16)36-9-8-34)33-20-17(19(25)32-33)12-27-23(29-20)28-14-6-7-24(2,11-14)22(35)26-3/h4-5,10,12,14,34H,6-9,11H2,1-3H3,(H,26,35)(H,27,28,29)/t14-,24-/m1/s1. The molecule has 0 aliphatic heterocycles. The van der Waals surface area contributed by atoms with Crippen molar-refractivity contribution in [3.63, 3.8) is 0 Å². The number of benzene rings is 1. The molecule has 5 rings (SSSR count). The maximum atomic E-state index is 12.3. The van der Waals surface area contributed by atoms with Gasteiger partial charge in [0.15, 0.2) is 10.7 Å². The number of anilines is 1. The number of aliphatic hydroxyl groups is 1. The first-order valence-corrected chi connectivity index (χ1v) is 13.5. The lowest BCUT2D eigenvalue weighted by Gasteiger charge is -2.22. The average Bonchev–Trinajstić information content (AvgIpc) is 3.59. The number of hydrogen-bond acceptors (Lipinski definition) is 10. The first kappa shape index (κ1) is 25.5. The van der Waals surface area contributed by atoms with Crippen LogP contribution in [0, 0.1) is 12.3 Å². The van der Waals surface area contributed by atoms with Crippen LogP contribution in [0.5, 0.6) is 5.75 Å². The summed E-state index contributed by atoms with van der Waals surface area (Å²) in [5.74, 6) is 1.10. The molecular weight excluding hydrogens is 560 g/mol. The zero-order chi connectivity index (χ0) is 26.2. The maximum absolute atomic E-state index is 12.3. The Hall–Kier alpha value is -3.16. The number of fused-ring (bicyclic) bond motifs is 1. The average molecular weight is 588 g/mol. The zero-order valence-electron chi connectivity index (χ0n) is 20.7. The number of rotatable bonds is 8. The smallest absolute Gasteiger partial charge is 0.225 e. The summed E-state index contributed by atoms with van der Waals surface area (Å²) in [5, 5.41) is 30.8. The van der Waals surface area contributed by atoms with Crippen LogP contribution < -0.4 is 15.4 Å². The molecule has 0 saturated heterocycles. The summed E-state index contributed by atoms with van der Waals surface area (Å²) in [7, 11) is 1.67. The van der Waals surface area contributed by atoms with E-state index >= 15 is 0 Å². The summed E-state index contributed by atoms with van der Waals surface area (Å²) >= 11 is 4.99. The molecule has 37 heavy (non-hydrogen) atoms. The summed E-state index contributed by atoms with van der Waals surface area (Å²) in [6, 6.07) is 5.76. The third-order valence-electron chi connectivity index (χ3n) is 6.54. The van der Waals surface area contributed by atoms with Crippen LogP contribution in [-0.4, -0.2) is 67.3 Å². The summed E-state index contributed by atoms with van der Waals surface area (Å²) in [6.45, 7) is 3.92. The molecule has 0 bridgehead atoms. The van der Waals surface area contributed by atoms with E-state index in [1.165, 1.54) is 11.3 Å². The Labute approximate surface area is 225 Å². The van der Waals surface area contributed by atoms with Gasteiger partial charge in [0.05, 0.1) is 23.2 Å². The SMILES string of the molecule is CNC(=O)[C@]1(C)CC[C@@H](Nc2ncc3c(Br)nn(-c4ccc(-c5nnc(C)s5)c(OCCO)c4)c3n2)C1. The largest absolute Gasteiger partial charge is 0.490 e. The molecular formula is C24H27BrN8O3S. The Morgan fingerprint density at radius 1 is 1.38 bits per heavy atom. The number of halogens is 1. The lowest BCUT2D eigenvalue weighted by atomic mass is 9.87. The quantitative estimate of drug-likeness (QED) is 0.283. The van der Waals surface area contributed by atoms with Gasteiger partial charge in [-0.25, -0.2) is 9.67 Å². The fourth-order valence-corrected chi connectivity index (χ4v) is 5.83. The second-order valence-electron chi connectivity index (χ2n) is 9.24. The highest BCUT2D eigenvalue weighted by molar-refractivity contribution is 9.10. The number of carbonyl (C=O) groups is 1. The highest BCUT2D eigenvalue weighted by Crippen LogP contribution is 2.39. The molecule has 3 N–H and O–H groups in total. The number of carbonyl (C=O) groups excluding carboxylic acids is 1. The third-order valence-corrected chi connectivity index (χ3v) is 8.00. The molecule has 1 fully saturated rings. The monoisotopic (exact) mass is 586 g/mol. The normalized spacial score (nSPS) is 19.3. The van der Waals surface area contributed by atoms with E-state index in [1.54, 1.807) is 17.9 Å². The number of aromatic nitrogens is 6. The predicted octanol–water partition coefficient (Wildman–Crippen LogP) is 3.49. The Morgan fingerprint density at radius 2 is 2.22 bits per heavy atom. The van der Waals surface area contributed by atoms with Crippen molar-refractivity contribution in [2.24, 2.45) is 5.41 Å². The van der Waals surface area contributed by atoms with Crippen molar-refractivity contribution in [2.45, 2.75) is 39.2 Å². The number of nitrogens with one attached hydrogen (secondary N) is 2. The molecule has 194 valence electrons. The van der Waals surface area contributed by atoms with Crippen LogP contribution in [0.2, 0.25) is 0 Å². The lowest BCUT2D eigenvalue weighted by Crippen LogP contribution is -2.35. The molecule has 1 aromatic carbocycles. The first-order valence-electron chi connectivity index (χ1n) is 11.9. The van der Waals surface area contributed by atoms with E-state index in [1.807, 2.05) is 32.0 Å². The van der Waals surface area contributed by atoms with E-state index in [2.05, 4.69) is 46.8 Å². The van der Waals surface area contributed by atoms with Crippen LogP contribution in [0.4, 0.5) is 5.95 Å². The summed E-state index contributed by atoms with van der Waals surface area (Å²) in [4.78, 5) is 21.6. The second kappa shape index (κ2) is 10.3. The summed E-state index contributed by atoms with van der Waals surface area (Å²) in [5.41, 5.74) is 1.73. The van der Waals surface area contributed by atoms with Crippen molar-refractivity contribution in [3.05, 3.63) is 34.0 Å². The van der Waals surface area contributed by atoms with Crippen LogP contribution in [0.1, 0.15) is 31.2 Å². The molecule has 11 nitrogen and oxygen atoms in total. The number of nitrogens with zero attached hydrogens (tertiary/aromatic N) is 6. The maximum Gasteiger partial charge on any atom is 0.225 e. The minimum atomic E-state index is -0.403. The molecule has 4 aromatic rings. The highest BCUT2D eigenvalue weighted by atomic mass is 79.9. The number of amides is 1. The van der Waals surface area contributed by atoms with Crippen LogP contribution >= 0.6 is 27.3 Å². The van der Waals surface area contributed by atoms with Crippen LogP contribution in [-0.2, 0) is 4.79 Å². The lowest BCUT2D eigenvalue weighted by molar-refractivity contribution is -0.129. The first-order chi connectivity index (χ1) is 17.8. The van der Waals surface area contributed by atoms with E-state index in [4.69, 9.17) is 9.72 Å². The number of aliphatic hydroxyl groups excluding tert-OH is 1. The molecule has 0 spiro atoms. The molecule has 13 heteroatoms. The molecule has 1 aliphatic carbocycles. The van der Waals surface area contributed by atoms with Crippen molar-refractivity contribution < 1.29 is 14.6 Å². The molecule has 1 aliphatic rings. The molecule has 2 atom stereocenters. The molecule has 0 radical (unpaired) electrons. The van der Waals surface area contributed by atoms with Gasteiger partial charge in [0, 0.05) is 30.8 Å². The molecule has 0 unspecified atom stereocenters. The van der Waals surface area contributed by atoms with Crippen LogP contribution in [0.15, 0.2) is 29.0 Å². The Bertz CT molecular complexity index is 1460. The van der Waals surface area contributed by atoms with E-state index < -0.39 is 5.41 Å². The van der Waals surface area contributed by atoms with E-state index in [0.717, 1.165) is 39.5 Å². The van der Waals surface area contributed by atoms with Gasteiger partial charge < -0.3 is 20.5 Å². The van der Waals surface area contributed by atoms with Gasteiger partial charge in [-0.15, -0.1) is 10.2 Å². The zero-order valence-corrected chi connectivity index (χ0v) is 23.1. The fourth-order valence-electron chi connectivity index (χ4n) is 4.67. The van der Waals surface area contributed by atoms with E-state index in [9.17, 15) is 9.90 Å². The third kappa shape index (κ3) is 5.03. The van der Waals surface area contributed by atoms with Gasteiger partial charge in [-0.3, -0.25) is 4.79 Å². The fraction of sp³-hybridized carbons (Fsp3) is 0.417. The van der Waals surface area contributed by atoms with Gasteiger partial charge in [-0.05, 0) is 54.2 Å². The van der Waals surface area contributed by atoms with Crippen molar-refractivity contribution in [2.75, 3.05) is 25.6 Å². The van der Waals surface area contributed by atoms with E-state index in [0.29, 0.717) is 28.4 Å². The predicted molar refractivity (Wildman–Crippen MR) is 144 cm³/mol. The number of aryl methyl sites for hydroxylation is 1. The minimum Gasteiger partial charge on any atom is -0.490 e. The van der Waals surface area contributed by atoms with E-state index in [-0.39, 0.29) is 25.2 Å². The van der Waals surface area contributed by atoms with Crippen molar-refractivity contribution >= 4 is 50.2 Å². The Balaban J connectivity index is 1.48. The van der Waals surface area contributed by atoms with Gasteiger partial charge >= 0.3 is 0 Å². The Kier molecular flexibility index (Phi) is 7.10. The van der Waals surface area contributed by atoms with Gasteiger partial charge in [0.1, 0.15) is 22.0 Å². The topological polar surface area (TPSA) is 140 Å². The van der Waals surface area contributed by atoms with Crippen LogP contribution in [0.25, 0.3) is 27.3 Å². The van der Waals surface area contributed by atoms with Gasteiger partial charge in [0.2, 0.25) is 11.9 Å². The van der Waals surface area contributed by atoms with Crippen molar-refractivity contribution in [1.82, 2.24) is 35.3 Å². The molecule has 3 aromatic heterocycles. The molecule has 1 amide bonds. The summed E-state index contributed by atoms with van der Waals surface area (Å²) < 4.78 is 8.18.